The van der Waals surface area contributed by atoms with E-state index in [9.17, 15) is 9.50 Å². The fraction of sp³-hybridized carbons (Fsp3) is 0.474. The van der Waals surface area contributed by atoms with Crippen molar-refractivity contribution in [1.82, 2.24) is 24.9 Å². The van der Waals surface area contributed by atoms with Gasteiger partial charge in [0.15, 0.2) is 5.82 Å². The van der Waals surface area contributed by atoms with Crippen molar-refractivity contribution in [3.63, 3.8) is 0 Å². The Morgan fingerprint density at radius 3 is 2.74 bits per heavy atom. The van der Waals surface area contributed by atoms with E-state index in [1.54, 1.807) is 22.9 Å². The Kier molecular flexibility index (Phi) is 5.24. The molecule has 3 aromatic rings. The second-order valence-electron chi connectivity index (χ2n) is 6.81. The van der Waals surface area contributed by atoms with Gasteiger partial charge in [-0.15, -0.1) is 0 Å². The van der Waals surface area contributed by atoms with Crippen LogP contribution < -0.4 is 0 Å². The molecule has 0 bridgehead atoms. The summed E-state index contributed by atoms with van der Waals surface area (Å²) in [6.07, 6.45) is 5.73. The Hall–Kier alpha value is -2.61. The first-order valence-corrected chi connectivity index (χ1v) is 9.36. The van der Waals surface area contributed by atoms with E-state index >= 15 is 0 Å². The summed E-state index contributed by atoms with van der Waals surface area (Å²) in [5.74, 6) is 2.37. The Bertz CT molecular complexity index is 901. The van der Waals surface area contributed by atoms with Gasteiger partial charge >= 0.3 is 0 Å². The van der Waals surface area contributed by atoms with Gasteiger partial charge in [0.25, 0.3) is 0 Å². The zero-order valence-electron chi connectivity index (χ0n) is 15.0. The van der Waals surface area contributed by atoms with Crippen LogP contribution in [0.15, 0.2) is 28.8 Å². The van der Waals surface area contributed by atoms with Crippen LogP contribution in [0, 0.1) is 5.82 Å². The third-order valence-corrected chi connectivity index (χ3v) is 4.94. The highest BCUT2D eigenvalue weighted by atomic mass is 19.1. The van der Waals surface area contributed by atoms with Crippen molar-refractivity contribution in [2.45, 2.75) is 51.0 Å². The van der Waals surface area contributed by atoms with Gasteiger partial charge in [0.05, 0.1) is 18.7 Å². The van der Waals surface area contributed by atoms with Gasteiger partial charge in [-0.25, -0.2) is 14.1 Å². The summed E-state index contributed by atoms with van der Waals surface area (Å²) in [6.45, 7) is 0.428. The van der Waals surface area contributed by atoms with Crippen LogP contribution in [-0.2, 0) is 19.4 Å². The van der Waals surface area contributed by atoms with Gasteiger partial charge in [-0.1, -0.05) is 30.1 Å². The first kappa shape index (κ1) is 17.8. The van der Waals surface area contributed by atoms with Crippen molar-refractivity contribution in [3.8, 4) is 11.4 Å². The predicted octanol–water partition coefficient (Wildman–Crippen LogP) is 2.90. The number of rotatable bonds is 7. The smallest absolute Gasteiger partial charge is 0.227 e. The van der Waals surface area contributed by atoms with Crippen LogP contribution in [0.3, 0.4) is 0 Å². The van der Waals surface area contributed by atoms with Crippen LogP contribution in [-0.4, -0.2) is 36.6 Å². The summed E-state index contributed by atoms with van der Waals surface area (Å²) >= 11 is 0. The SMILES string of the molecule is OCCn1nc(C2CCCC2)nc1CCc1nc(-c2ccccc2F)no1. The maximum atomic E-state index is 13.9. The normalized spacial score (nSPS) is 14.9. The predicted molar refractivity (Wildman–Crippen MR) is 95.4 cm³/mol. The fourth-order valence-corrected chi connectivity index (χ4v) is 3.54. The number of halogens is 1. The molecule has 142 valence electrons. The third-order valence-electron chi connectivity index (χ3n) is 4.94. The molecule has 0 atom stereocenters. The summed E-state index contributed by atoms with van der Waals surface area (Å²) < 4.78 is 20.9. The Morgan fingerprint density at radius 2 is 1.96 bits per heavy atom. The molecule has 0 radical (unpaired) electrons. The topological polar surface area (TPSA) is 89.9 Å². The Balaban J connectivity index is 1.47. The molecule has 1 N–H and O–H groups in total. The quantitative estimate of drug-likeness (QED) is 0.687. The molecule has 0 unspecified atom stereocenters. The molecule has 0 amide bonds. The van der Waals surface area contributed by atoms with Crippen molar-refractivity contribution >= 4 is 0 Å². The number of nitrogens with zero attached hydrogens (tertiary/aromatic N) is 5. The molecule has 1 aromatic carbocycles. The van der Waals surface area contributed by atoms with E-state index < -0.39 is 0 Å². The van der Waals surface area contributed by atoms with E-state index in [4.69, 9.17) is 9.51 Å². The Morgan fingerprint density at radius 1 is 1.15 bits per heavy atom. The zero-order valence-corrected chi connectivity index (χ0v) is 15.0. The minimum absolute atomic E-state index is 0.0124. The van der Waals surface area contributed by atoms with Crippen LogP contribution in [0.2, 0.25) is 0 Å². The summed E-state index contributed by atoms with van der Waals surface area (Å²) in [6, 6.07) is 6.34. The standard InChI is InChI=1S/C19H22FN5O2/c20-15-8-4-3-7-14(15)19-22-17(27-24-19)10-9-16-21-18(13-5-1-2-6-13)23-25(16)11-12-26/h3-4,7-8,13,26H,1-2,5-6,9-12H2. The number of aromatic nitrogens is 5. The van der Waals surface area contributed by atoms with E-state index in [1.807, 2.05) is 0 Å². The van der Waals surface area contributed by atoms with Crippen molar-refractivity contribution in [1.29, 1.82) is 0 Å². The lowest BCUT2D eigenvalue weighted by atomic mass is 10.1. The average molecular weight is 371 g/mol. The lowest BCUT2D eigenvalue weighted by molar-refractivity contribution is 0.266. The van der Waals surface area contributed by atoms with Gasteiger partial charge in [0.2, 0.25) is 11.7 Å². The lowest BCUT2D eigenvalue weighted by Gasteiger charge is -2.02. The monoisotopic (exact) mass is 371 g/mol. The molecule has 1 fully saturated rings. The second kappa shape index (κ2) is 7.96. The molecule has 0 spiro atoms. The lowest BCUT2D eigenvalue weighted by Crippen LogP contribution is -2.10. The summed E-state index contributed by atoms with van der Waals surface area (Å²) in [7, 11) is 0. The van der Waals surface area contributed by atoms with Crippen LogP contribution in [0.25, 0.3) is 11.4 Å². The highest BCUT2D eigenvalue weighted by molar-refractivity contribution is 5.54. The number of hydrogen-bond donors (Lipinski definition) is 1. The van der Waals surface area contributed by atoms with Crippen molar-refractivity contribution < 1.29 is 14.0 Å². The third kappa shape index (κ3) is 3.90. The van der Waals surface area contributed by atoms with Gasteiger partial charge in [0.1, 0.15) is 11.6 Å². The molecule has 27 heavy (non-hydrogen) atoms. The number of aliphatic hydroxyl groups excluding tert-OH is 1. The van der Waals surface area contributed by atoms with E-state index in [-0.39, 0.29) is 18.2 Å². The molecule has 8 heteroatoms. The van der Waals surface area contributed by atoms with Gasteiger partial charge in [0, 0.05) is 18.8 Å². The highest BCUT2D eigenvalue weighted by Crippen LogP contribution is 2.32. The van der Waals surface area contributed by atoms with Gasteiger partial charge in [-0.3, -0.25) is 0 Å². The number of benzene rings is 1. The Labute approximate surface area is 156 Å². The summed E-state index contributed by atoms with van der Waals surface area (Å²) in [5.41, 5.74) is 0.319. The molecular formula is C19H22FN5O2. The van der Waals surface area contributed by atoms with Crippen molar-refractivity contribution in [3.05, 3.63) is 47.6 Å². The van der Waals surface area contributed by atoms with Crippen LogP contribution in [0.5, 0.6) is 0 Å². The van der Waals surface area contributed by atoms with Gasteiger partial charge in [-0.2, -0.15) is 10.1 Å². The second-order valence-corrected chi connectivity index (χ2v) is 6.81. The molecule has 1 saturated carbocycles. The van der Waals surface area contributed by atoms with E-state index in [0.717, 1.165) is 24.5 Å². The maximum Gasteiger partial charge on any atom is 0.227 e. The first-order chi connectivity index (χ1) is 13.2. The molecule has 7 nitrogen and oxygen atoms in total. The molecule has 1 aliphatic carbocycles. The number of aliphatic hydroxyl groups is 1. The van der Waals surface area contributed by atoms with E-state index in [2.05, 4.69) is 15.2 Å². The van der Waals surface area contributed by atoms with Crippen LogP contribution in [0.1, 0.15) is 49.1 Å². The molecule has 0 aliphatic heterocycles. The largest absolute Gasteiger partial charge is 0.394 e. The first-order valence-electron chi connectivity index (χ1n) is 9.36. The van der Waals surface area contributed by atoms with Crippen LogP contribution in [0.4, 0.5) is 4.39 Å². The average Bonchev–Trinajstić information content (AvgIpc) is 3.42. The minimum Gasteiger partial charge on any atom is -0.394 e. The minimum atomic E-state index is -0.381. The van der Waals surface area contributed by atoms with Gasteiger partial charge in [-0.05, 0) is 25.0 Å². The molecule has 0 saturated heterocycles. The molecule has 2 aromatic heterocycles. The van der Waals surface area contributed by atoms with Crippen molar-refractivity contribution in [2.24, 2.45) is 0 Å². The molecular weight excluding hydrogens is 349 g/mol. The zero-order chi connectivity index (χ0) is 18.6. The summed E-state index contributed by atoms with van der Waals surface area (Å²) in [4.78, 5) is 8.99. The van der Waals surface area contributed by atoms with Crippen molar-refractivity contribution in [2.75, 3.05) is 6.61 Å². The number of aryl methyl sites for hydroxylation is 2. The molecule has 1 aliphatic rings. The molecule has 4 rings (SSSR count). The van der Waals surface area contributed by atoms with Gasteiger partial charge < -0.3 is 9.63 Å². The summed E-state index contributed by atoms with van der Waals surface area (Å²) in [5, 5.41) is 17.8. The fourth-order valence-electron chi connectivity index (χ4n) is 3.54. The van der Waals surface area contributed by atoms with Crippen LogP contribution >= 0.6 is 0 Å². The maximum absolute atomic E-state index is 13.9. The van der Waals surface area contributed by atoms with E-state index in [1.165, 1.54) is 18.9 Å². The molecule has 2 heterocycles. The highest BCUT2D eigenvalue weighted by Gasteiger charge is 2.23. The number of hydrogen-bond acceptors (Lipinski definition) is 6. The van der Waals surface area contributed by atoms with E-state index in [0.29, 0.717) is 36.8 Å².